The number of rotatable bonds is 4. The van der Waals surface area contributed by atoms with E-state index in [2.05, 4.69) is 12.2 Å². The van der Waals surface area contributed by atoms with Gasteiger partial charge in [0, 0.05) is 29.7 Å². The van der Waals surface area contributed by atoms with Crippen molar-refractivity contribution < 1.29 is 9.59 Å². The van der Waals surface area contributed by atoms with Gasteiger partial charge in [-0.15, -0.1) is 0 Å². The number of nitrogens with zero attached hydrogens (tertiary/aromatic N) is 1. The first-order valence-corrected chi connectivity index (χ1v) is 9.34. The second kappa shape index (κ2) is 7.23. The van der Waals surface area contributed by atoms with Crippen LogP contribution in [0, 0.1) is 5.92 Å². The smallest absolute Gasteiger partial charge is 0.229 e. The standard InChI is InChI=1S/C23H22N2O2/c1-2-16-8-4-6-13-21(16)25-15-18(14-22(25)26)23(27)24-20-12-7-10-17-9-3-5-11-19(17)20/h3-13,18H,2,14-15H2,1H3,(H,24,27)/t18-/m0/s1. The molecule has 1 saturated heterocycles. The number of fused-ring (bicyclic) bond motifs is 1. The Bertz CT molecular complexity index is 1010. The highest BCUT2D eigenvalue weighted by molar-refractivity contribution is 6.07. The maximum absolute atomic E-state index is 12.8. The third-order valence-corrected chi connectivity index (χ3v) is 5.21. The quantitative estimate of drug-likeness (QED) is 0.752. The summed E-state index contributed by atoms with van der Waals surface area (Å²) >= 11 is 0. The first kappa shape index (κ1) is 17.3. The van der Waals surface area contributed by atoms with E-state index in [1.54, 1.807) is 4.90 Å². The van der Waals surface area contributed by atoms with Crippen LogP contribution >= 0.6 is 0 Å². The summed E-state index contributed by atoms with van der Waals surface area (Å²) in [5.41, 5.74) is 2.84. The van der Waals surface area contributed by atoms with Crippen LogP contribution in [0.1, 0.15) is 18.9 Å². The van der Waals surface area contributed by atoms with Gasteiger partial charge in [0.15, 0.2) is 0 Å². The van der Waals surface area contributed by atoms with Crippen LogP contribution in [0.5, 0.6) is 0 Å². The van der Waals surface area contributed by atoms with Gasteiger partial charge in [0.25, 0.3) is 0 Å². The average molecular weight is 358 g/mol. The number of aryl methyl sites for hydroxylation is 1. The summed E-state index contributed by atoms with van der Waals surface area (Å²) in [7, 11) is 0. The molecule has 4 heteroatoms. The van der Waals surface area contributed by atoms with Gasteiger partial charge in [-0.05, 0) is 29.5 Å². The van der Waals surface area contributed by atoms with E-state index in [9.17, 15) is 9.59 Å². The molecule has 1 heterocycles. The van der Waals surface area contributed by atoms with Crippen molar-refractivity contribution in [1.29, 1.82) is 0 Å². The number of amides is 2. The van der Waals surface area contributed by atoms with Crippen LogP contribution in [0.25, 0.3) is 10.8 Å². The lowest BCUT2D eigenvalue weighted by Gasteiger charge is -2.20. The lowest BCUT2D eigenvalue weighted by molar-refractivity contribution is -0.122. The van der Waals surface area contributed by atoms with Crippen LogP contribution in [0.4, 0.5) is 11.4 Å². The van der Waals surface area contributed by atoms with E-state index in [0.29, 0.717) is 6.54 Å². The molecule has 0 aliphatic carbocycles. The van der Waals surface area contributed by atoms with Crippen molar-refractivity contribution in [3.63, 3.8) is 0 Å². The minimum absolute atomic E-state index is 0.00831. The van der Waals surface area contributed by atoms with Gasteiger partial charge in [0.2, 0.25) is 11.8 Å². The van der Waals surface area contributed by atoms with Crippen LogP contribution in [-0.4, -0.2) is 18.4 Å². The molecule has 0 radical (unpaired) electrons. The molecule has 4 nitrogen and oxygen atoms in total. The molecule has 1 fully saturated rings. The van der Waals surface area contributed by atoms with Crippen molar-refractivity contribution in [2.45, 2.75) is 19.8 Å². The van der Waals surface area contributed by atoms with E-state index in [4.69, 9.17) is 0 Å². The molecule has 27 heavy (non-hydrogen) atoms. The Hall–Kier alpha value is -3.14. The third-order valence-electron chi connectivity index (χ3n) is 5.21. The number of benzene rings is 3. The number of hydrogen-bond acceptors (Lipinski definition) is 2. The van der Waals surface area contributed by atoms with E-state index >= 15 is 0 Å². The number of carbonyl (C=O) groups is 2. The SMILES string of the molecule is CCc1ccccc1N1C[C@@H](C(=O)Nc2cccc3ccccc23)CC1=O. The summed E-state index contributed by atoms with van der Waals surface area (Å²) < 4.78 is 0. The summed E-state index contributed by atoms with van der Waals surface area (Å²) in [6, 6.07) is 21.7. The molecule has 0 spiro atoms. The molecule has 4 rings (SSSR count). The lowest BCUT2D eigenvalue weighted by Crippen LogP contribution is -2.28. The summed E-state index contributed by atoms with van der Waals surface area (Å²) in [6.07, 6.45) is 1.10. The zero-order valence-corrected chi connectivity index (χ0v) is 15.3. The lowest BCUT2D eigenvalue weighted by atomic mass is 10.1. The van der Waals surface area contributed by atoms with Gasteiger partial charge in [0.05, 0.1) is 5.92 Å². The molecule has 0 unspecified atom stereocenters. The number of hydrogen-bond donors (Lipinski definition) is 1. The van der Waals surface area contributed by atoms with Crippen LogP contribution in [0.15, 0.2) is 66.7 Å². The Labute approximate surface area is 158 Å². The number of anilines is 2. The average Bonchev–Trinajstić information content (AvgIpc) is 3.10. The van der Waals surface area contributed by atoms with Crippen molar-refractivity contribution in [3.8, 4) is 0 Å². The molecule has 3 aromatic carbocycles. The number of carbonyl (C=O) groups excluding carboxylic acids is 2. The Kier molecular flexibility index (Phi) is 4.63. The van der Waals surface area contributed by atoms with Crippen LogP contribution in [0.3, 0.4) is 0 Å². The highest BCUT2D eigenvalue weighted by atomic mass is 16.2. The molecule has 0 bridgehead atoms. The summed E-state index contributed by atoms with van der Waals surface area (Å²) in [4.78, 5) is 27.2. The minimum atomic E-state index is -0.346. The molecule has 136 valence electrons. The predicted octanol–water partition coefficient (Wildman–Crippen LogP) is 4.39. The third kappa shape index (κ3) is 3.31. The Morgan fingerprint density at radius 3 is 2.63 bits per heavy atom. The molecule has 2 amide bonds. The topological polar surface area (TPSA) is 49.4 Å². The molecular formula is C23H22N2O2. The van der Waals surface area contributed by atoms with E-state index < -0.39 is 0 Å². The molecule has 1 N–H and O–H groups in total. The largest absolute Gasteiger partial charge is 0.325 e. The summed E-state index contributed by atoms with van der Waals surface area (Å²) in [5.74, 6) is -0.438. The van der Waals surface area contributed by atoms with Crippen molar-refractivity contribution in [1.82, 2.24) is 0 Å². The molecule has 1 atom stereocenters. The van der Waals surface area contributed by atoms with Gasteiger partial charge in [-0.1, -0.05) is 61.5 Å². The molecule has 0 aromatic heterocycles. The Balaban J connectivity index is 1.54. The van der Waals surface area contributed by atoms with Crippen LogP contribution in [0.2, 0.25) is 0 Å². The zero-order valence-electron chi connectivity index (χ0n) is 15.3. The summed E-state index contributed by atoms with van der Waals surface area (Å²) in [5, 5.41) is 5.12. The van der Waals surface area contributed by atoms with Gasteiger partial charge in [0.1, 0.15) is 0 Å². The molecule has 1 aliphatic rings. The fourth-order valence-corrected chi connectivity index (χ4v) is 3.76. The minimum Gasteiger partial charge on any atom is -0.325 e. The monoisotopic (exact) mass is 358 g/mol. The van der Waals surface area contributed by atoms with Gasteiger partial charge in [-0.2, -0.15) is 0 Å². The van der Waals surface area contributed by atoms with Crippen molar-refractivity contribution in [3.05, 3.63) is 72.3 Å². The molecule has 0 saturated carbocycles. The highest BCUT2D eigenvalue weighted by Crippen LogP contribution is 2.30. The second-order valence-electron chi connectivity index (χ2n) is 6.90. The zero-order chi connectivity index (χ0) is 18.8. The Morgan fingerprint density at radius 1 is 1.04 bits per heavy atom. The highest BCUT2D eigenvalue weighted by Gasteiger charge is 2.35. The maximum Gasteiger partial charge on any atom is 0.229 e. The van der Waals surface area contributed by atoms with E-state index in [-0.39, 0.29) is 24.2 Å². The molecular weight excluding hydrogens is 336 g/mol. The number of nitrogens with one attached hydrogen (secondary N) is 1. The van der Waals surface area contributed by atoms with Crippen LogP contribution in [-0.2, 0) is 16.0 Å². The van der Waals surface area contributed by atoms with E-state index in [1.807, 2.05) is 66.7 Å². The normalized spacial score (nSPS) is 16.7. The summed E-state index contributed by atoms with van der Waals surface area (Å²) in [6.45, 7) is 2.50. The molecule has 3 aromatic rings. The van der Waals surface area contributed by atoms with E-state index in [0.717, 1.165) is 34.1 Å². The van der Waals surface area contributed by atoms with Gasteiger partial charge in [-0.25, -0.2) is 0 Å². The van der Waals surface area contributed by atoms with Crippen molar-refractivity contribution >= 4 is 34.0 Å². The maximum atomic E-state index is 12.8. The van der Waals surface area contributed by atoms with Gasteiger partial charge in [-0.3, -0.25) is 9.59 Å². The first-order valence-electron chi connectivity index (χ1n) is 9.34. The van der Waals surface area contributed by atoms with Gasteiger partial charge < -0.3 is 10.2 Å². The molecule has 1 aliphatic heterocycles. The Morgan fingerprint density at radius 2 is 1.78 bits per heavy atom. The fraction of sp³-hybridized carbons (Fsp3) is 0.217. The second-order valence-corrected chi connectivity index (χ2v) is 6.90. The van der Waals surface area contributed by atoms with Crippen molar-refractivity contribution in [2.75, 3.05) is 16.8 Å². The van der Waals surface area contributed by atoms with Crippen LogP contribution < -0.4 is 10.2 Å². The van der Waals surface area contributed by atoms with Gasteiger partial charge >= 0.3 is 0 Å². The van der Waals surface area contributed by atoms with E-state index in [1.165, 1.54) is 0 Å². The first-order chi connectivity index (χ1) is 13.2. The fourth-order valence-electron chi connectivity index (χ4n) is 3.76. The predicted molar refractivity (Wildman–Crippen MR) is 109 cm³/mol. The number of para-hydroxylation sites is 1. The van der Waals surface area contributed by atoms with Crippen molar-refractivity contribution in [2.24, 2.45) is 5.92 Å².